The molecule has 0 heterocycles. The van der Waals surface area contributed by atoms with Crippen LogP contribution in [0.1, 0.15) is 70.8 Å². The Hall–Kier alpha value is -1.64. The summed E-state index contributed by atoms with van der Waals surface area (Å²) in [6.07, 6.45) is 12.7. The van der Waals surface area contributed by atoms with E-state index in [-0.39, 0.29) is 11.7 Å². The van der Waals surface area contributed by atoms with Gasteiger partial charge in [0.1, 0.15) is 5.82 Å². The number of halogens is 1. The van der Waals surface area contributed by atoms with Crippen molar-refractivity contribution < 1.29 is 9.18 Å². The highest BCUT2D eigenvalue weighted by atomic mass is 19.1. The van der Waals surface area contributed by atoms with Crippen LogP contribution in [0.25, 0.3) is 6.08 Å². The molecule has 1 rings (SSSR count). The predicted octanol–water partition coefficient (Wildman–Crippen LogP) is 5.83. The molecule has 134 valence electrons. The van der Waals surface area contributed by atoms with Crippen LogP contribution in [-0.2, 0) is 4.79 Å². The van der Waals surface area contributed by atoms with Crippen LogP contribution in [0.4, 0.5) is 4.39 Å². The molecule has 1 aromatic carbocycles. The van der Waals surface area contributed by atoms with E-state index in [0.29, 0.717) is 0 Å². The van der Waals surface area contributed by atoms with E-state index in [1.165, 1.54) is 50.7 Å². The van der Waals surface area contributed by atoms with Gasteiger partial charge in [0.05, 0.1) is 0 Å². The molecule has 0 aliphatic carbocycles. The summed E-state index contributed by atoms with van der Waals surface area (Å²) in [4.78, 5) is 14.4. The van der Waals surface area contributed by atoms with E-state index in [0.717, 1.165) is 31.5 Å². The fourth-order valence-electron chi connectivity index (χ4n) is 2.64. The van der Waals surface area contributed by atoms with Crippen LogP contribution in [0.2, 0.25) is 0 Å². The van der Waals surface area contributed by atoms with Crippen molar-refractivity contribution in [3.63, 3.8) is 0 Å². The molecule has 0 bridgehead atoms. The molecular formula is C21H32FNO. The molecular weight excluding hydrogens is 301 g/mol. The lowest BCUT2D eigenvalue weighted by molar-refractivity contribution is -0.126. The lowest BCUT2D eigenvalue weighted by Gasteiger charge is -2.21. The molecule has 0 aliphatic rings. The first-order valence-corrected chi connectivity index (χ1v) is 9.40. The van der Waals surface area contributed by atoms with Crippen LogP contribution in [0, 0.1) is 5.82 Å². The highest BCUT2D eigenvalue weighted by molar-refractivity contribution is 5.91. The number of carbonyl (C=O) groups excluding carboxylic acids is 1. The molecule has 0 fully saturated rings. The Kier molecular flexibility index (Phi) is 10.8. The van der Waals surface area contributed by atoms with Crippen LogP contribution in [-0.4, -0.2) is 23.9 Å². The van der Waals surface area contributed by atoms with E-state index in [1.807, 2.05) is 4.90 Å². The Morgan fingerprint density at radius 1 is 0.917 bits per heavy atom. The van der Waals surface area contributed by atoms with Gasteiger partial charge >= 0.3 is 0 Å². The summed E-state index contributed by atoms with van der Waals surface area (Å²) in [7, 11) is 0. The molecule has 0 saturated heterocycles. The number of rotatable bonds is 12. The fraction of sp³-hybridized carbons (Fsp3) is 0.571. The minimum atomic E-state index is -0.257. The van der Waals surface area contributed by atoms with Crippen LogP contribution >= 0.6 is 0 Å². The molecule has 0 aromatic heterocycles. The van der Waals surface area contributed by atoms with Gasteiger partial charge in [0.25, 0.3) is 0 Å². The smallest absolute Gasteiger partial charge is 0.246 e. The van der Waals surface area contributed by atoms with Crippen molar-refractivity contribution in [2.45, 2.75) is 65.2 Å². The number of unbranched alkanes of at least 4 members (excludes halogenated alkanes) is 6. The van der Waals surface area contributed by atoms with Crippen molar-refractivity contribution in [2.75, 3.05) is 13.1 Å². The largest absolute Gasteiger partial charge is 0.339 e. The molecule has 0 aliphatic heterocycles. The number of nitrogens with zero attached hydrogens (tertiary/aromatic N) is 1. The van der Waals surface area contributed by atoms with E-state index < -0.39 is 0 Å². The predicted molar refractivity (Wildman–Crippen MR) is 100 cm³/mol. The SMILES string of the molecule is CCCCCCN(CCCCCC)C(=O)/C=C/c1ccc(F)cc1. The second-order valence-electron chi connectivity index (χ2n) is 6.33. The normalized spacial score (nSPS) is 11.1. The van der Waals surface area contributed by atoms with Crippen LogP contribution in [0.5, 0.6) is 0 Å². The number of benzene rings is 1. The van der Waals surface area contributed by atoms with E-state index in [2.05, 4.69) is 13.8 Å². The Balaban J connectivity index is 2.54. The summed E-state index contributed by atoms with van der Waals surface area (Å²) in [5.41, 5.74) is 0.849. The number of amides is 1. The Labute approximate surface area is 146 Å². The van der Waals surface area contributed by atoms with Crippen molar-refractivity contribution in [3.8, 4) is 0 Å². The third-order valence-electron chi connectivity index (χ3n) is 4.16. The summed E-state index contributed by atoms with van der Waals surface area (Å²) in [6.45, 7) is 6.05. The monoisotopic (exact) mass is 333 g/mol. The second kappa shape index (κ2) is 12.7. The van der Waals surface area contributed by atoms with Crippen molar-refractivity contribution in [3.05, 3.63) is 41.7 Å². The van der Waals surface area contributed by atoms with Crippen molar-refractivity contribution in [1.82, 2.24) is 4.90 Å². The second-order valence-corrected chi connectivity index (χ2v) is 6.33. The standard InChI is InChI=1S/C21H32FNO/c1-3-5-7-9-17-23(18-10-8-6-4-2)21(24)16-13-19-11-14-20(22)15-12-19/h11-16H,3-10,17-18H2,1-2H3/b16-13+. The molecule has 0 radical (unpaired) electrons. The maximum absolute atomic E-state index is 12.9. The zero-order chi connectivity index (χ0) is 17.6. The Morgan fingerprint density at radius 3 is 1.96 bits per heavy atom. The minimum absolute atomic E-state index is 0.0623. The maximum Gasteiger partial charge on any atom is 0.246 e. The summed E-state index contributed by atoms with van der Waals surface area (Å²) in [5.74, 6) is -0.195. The third-order valence-corrected chi connectivity index (χ3v) is 4.16. The first-order chi connectivity index (χ1) is 11.7. The molecule has 0 saturated carbocycles. The molecule has 3 heteroatoms. The zero-order valence-electron chi connectivity index (χ0n) is 15.3. The van der Waals surface area contributed by atoms with Gasteiger partial charge in [-0.25, -0.2) is 4.39 Å². The van der Waals surface area contributed by atoms with E-state index in [9.17, 15) is 9.18 Å². The van der Waals surface area contributed by atoms with Gasteiger partial charge < -0.3 is 4.90 Å². The fourth-order valence-corrected chi connectivity index (χ4v) is 2.64. The van der Waals surface area contributed by atoms with Gasteiger partial charge in [-0.15, -0.1) is 0 Å². The molecule has 0 N–H and O–H groups in total. The molecule has 1 aromatic rings. The van der Waals surface area contributed by atoms with Crippen molar-refractivity contribution in [2.24, 2.45) is 0 Å². The topological polar surface area (TPSA) is 20.3 Å². The number of hydrogen-bond donors (Lipinski definition) is 0. The first-order valence-electron chi connectivity index (χ1n) is 9.40. The molecule has 24 heavy (non-hydrogen) atoms. The minimum Gasteiger partial charge on any atom is -0.339 e. The summed E-state index contributed by atoms with van der Waals surface area (Å²) >= 11 is 0. The highest BCUT2D eigenvalue weighted by Gasteiger charge is 2.09. The van der Waals surface area contributed by atoms with Gasteiger partial charge in [-0.05, 0) is 36.6 Å². The lowest BCUT2D eigenvalue weighted by Crippen LogP contribution is -2.31. The number of hydrogen-bond acceptors (Lipinski definition) is 1. The summed E-state index contributed by atoms with van der Waals surface area (Å²) in [6, 6.07) is 6.20. The Morgan fingerprint density at radius 2 is 1.46 bits per heavy atom. The van der Waals surface area contributed by atoms with E-state index >= 15 is 0 Å². The first kappa shape index (κ1) is 20.4. The quantitative estimate of drug-likeness (QED) is 0.348. The van der Waals surface area contributed by atoms with Crippen molar-refractivity contribution in [1.29, 1.82) is 0 Å². The maximum atomic E-state index is 12.9. The molecule has 0 atom stereocenters. The van der Waals surface area contributed by atoms with Gasteiger partial charge in [-0.3, -0.25) is 4.79 Å². The van der Waals surface area contributed by atoms with Gasteiger partial charge in [0, 0.05) is 19.2 Å². The van der Waals surface area contributed by atoms with Gasteiger partial charge in [0.2, 0.25) is 5.91 Å². The van der Waals surface area contributed by atoms with Gasteiger partial charge in [-0.1, -0.05) is 64.5 Å². The number of carbonyl (C=O) groups is 1. The van der Waals surface area contributed by atoms with Crippen LogP contribution < -0.4 is 0 Å². The third kappa shape index (κ3) is 8.85. The van der Waals surface area contributed by atoms with Gasteiger partial charge in [0.15, 0.2) is 0 Å². The van der Waals surface area contributed by atoms with Crippen LogP contribution in [0.15, 0.2) is 30.3 Å². The van der Waals surface area contributed by atoms with Gasteiger partial charge in [-0.2, -0.15) is 0 Å². The lowest BCUT2D eigenvalue weighted by atomic mass is 10.1. The molecule has 0 spiro atoms. The van der Waals surface area contributed by atoms with Crippen molar-refractivity contribution >= 4 is 12.0 Å². The molecule has 1 amide bonds. The average Bonchev–Trinajstić information content (AvgIpc) is 2.59. The summed E-state index contributed by atoms with van der Waals surface area (Å²) in [5, 5.41) is 0. The zero-order valence-corrected chi connectivity index (χ0v) is 15.3. The van der Waals surface area contributed by atoms with E-state index in [1.54, 1.807) is 24.3 Å². The highest BCUT2D eigenvalue weighted by Crippen LogP contribution is 2.08. The van der Waals surface area contributed by atoms with E-state index in [4.69, 9.17) is 0 Å². The van der Waals surface area contributed by atoms with Crippen LogP contribution in [0.3, 0.4) is 0 Å². The molecule has 0 unspecified atom stereocenters. The summed E-state index contributed by atoms with van der Waals surface area (Å²) < 4.78 is 12.9. The molecule has 2 nitrogen and oxygen atoms in total. The Bertz CT molecular complexity index is 469. The average molecular weight is 333 g/mol.